The van der Waals surface area contributed by atoms with E-state index in [4.69, 9.17) is 4.99 Å². The highest BCUT2D eigenvalue weighted by atomic mass is 127. The fourth-order valence-electron chi connectivity index (χ4n) is 3.57. The van der Waals surface area contributed by atoms with Gasteiger partial charge in [-0.1, -0.05) is 50.1 Å². The smallest absolute Gasteiger partial charge is 0.191 e. The zero-order valence-corrected chi connectivity index (χ0v) is 20.3. The monoisotopic (exact) mass is 505 g/mol. The summed E-state index contributed by atoms with van der Waals surface area (Å²) in [5, 5.41) is 7.29. The predicted octanol–water partition coefficient (Wildman–Crippen LogP) is 4.35. The predicted molar refractivity (Wildman–Crippen MR) is 129 cm³/mol. The van der Waals surface area contributed by atoms with Crippen molar-refractivity contribution in [3.63, 3.8) is 0 Å². The Kier molecular flexibility index (Phi) is 11.5. The maximum Gasteiger partial charge on any atom is 0.191 e. The van der Waals surface area contributed by atoms with Crippen LogP contribution in [0.2, 0.25) is 0 Å². The van der Waals surface area contributed by atoms with Crippen molar-refractivity contribution in [1.29, 1.82) is 0 Å². The van der Waals surface area contributed by atoms with Gasteiger partial charge >= 0.3 is 0 Å². The Balaban J connectivity index is 0.00000364. The van der Waals surface area contributed by atoms with E-state index in [-0.39, 0.29) is 24.0 Å². The number of aryl methyl sites for hydroxylation is 1. The molecule has 0 heterocycles. The number of hydrogen-bond acceptors (Lipinski definition) is 2. The molecular formula is C21H36IN3OS. The third-order valence-corrected chi connectivity index (χ3v) is 6.84. The van der Waals surface area contributed by atoms with Crippen LogP contribution in [0.5, 0.6) is 0 Å². The molecule has 0 aromatic heterocycles. The maximum absolute atomic E-state index is 12.2. The molecule has 1 aromatic rings. The van der Waals surface area contributed by atoms with Crippen LogP contribution in [0.25, 0.3) is 0 Å². The van der Waals surface area contributed by atoms with E-state index in [2.05, 4.69) is 55.7 Å². The van der Waals surface area contributed by atoms with Gasteiger partial charge in [0.15, 0.2) is 5.96 Å². The molecule has 4 nitrogen and oxygen atoms in total. The fourth-order valence-corrected chi connectivity index (χ4v) is 4.92. The van der Waals surface area contributed by atoms with Crippen LogP contribution in [0.4, 0.5) is 0 Å². The molecule has 27 heavy (non-hydrogen) atoms. The molecule has 0 amide bonds. The lowest BCUT2D eigenvalue weighted by Crippen LogP contribution is -2.46. The molecular weight excluding hydrogens is 469 g/mol. The zero-order valence-electron chi connectivity index (χ0n) is 17.2. The lowest BCUT2D eigenvalue weighted by Gasteiger charge is -2.30. The number of aliphatic imine (C=N–C) groups is 1. The van der Waals surface area contributed by atoms with E-state index in [0.717, 1.165) is 50.5 Å². The standard InChI is InChI=1S/C21H35N3OS.HI/c1-5-22-21(23-15-17(4)18-10-7-9-16(3)13-18)24-19-11-8-12-20(14-19)26(25)6-2;/h7,9-10,13,17,19-20H,5-6,8,11-12,14-15H2,1-4H3,(H2,22,23,24);1H. The zero-order chi connectivity index (χ0) is 18.9. The van der Waals surface area contributed by atoms with Gasteiger partial charge in [0.05, 0.1) is 0 Å². The summed E-state index contributed by atoms with van der Waals surface area (Å²) in [6.45, 7) is 10.1. The van der Waals surface area contributed by atoms with Crippen molar-refractivity contribution in [2.45, 2.75) is 70.6 Å². The minimum atomic E-state index is -0.691. The van der Waals surface area contributed by atoms with E-state index in [0.29, 0.717) is 17.2 Å². The second kappa shape index (κ2) is 12.8. The molecule has 1 saturated carbocycles. The largest absolute Gasteiger partial charge is 0.357 e. The summed E-state index contributed by atoms with van der Waals surface area (Å²) < 4.78 is 12.2. The van der Waals surface area contributed by atoms with E-state index in [1.807, 2.05) is 6.92 Å². The maximum atomic E-state index is 12.2. The summed E-state index contributed by atoms with van der Waals surface area (Å²) in [6, 6.07) is 9.04. The number of guanidine groups is 1. The van der Waals surface area contributed by atoms with E-state index < -0.39 is 10.8 Å². The summed E-state index contributed by atoms with van der Waals surface area (Å²) >= 11 is 0. The Labute approximate surface area is 184 Å². The van der Waals surface area contributed by atoms with Crippen LogP contribution in [-0.2, 0) is 10.8 Å². The van der Waals surface area contributed by atoms with Crippen LogP contribution >= 0.6 is 24.0 Å². The molecule has 0 radical (unpaired) electrons. The van der Waals surface area contributed by atoms with Crippen molar-refractivity contribution >= 4 is 40.7 Å². The highest BCUT2D eigenvalue weighted by molar-refractivity contribution is 14.0. The van der Waals surface area contributed by atoms with Gasteiger partial charge in [-0.3, -0.25) is 9.20 Å². The van der Waals surface area contributed by atoms with Gasteiger partial charge in [-0.05, 0) is 38.7 Å². The number of rotatable bonds is 7. The minimum absolute atomic E-state index is 0. The van der Waals surface area contributed by atoms with Gasteiger partial charge in [0.25, 0.3) is 0 Å². The molecule has 2 N–H and O–H groups in total. The van der Waals surface area contributed by atoms with Gasteiger partial charge in [-0.25, -0.2) is 0 Å². The summed E-state index contributed by atoms with van der Waals surface area (Å²) in [6.07, 6.45) is 4.36. The molecule has 0 spiro atoms. The molecule has 4 atom stereocenters. The normalized spacial score (nSPS) is 22.4. The lowest BCUT2D eigenvalue weighted by molar-refractivity contribution is 0.413. The van der Waals surface area contributed by atoms with Crippen LogP contribution in [0.3, 0.4) is 0 Å². The Bertz CT molecular complexity index is 623. The van der Waals surface area contributed by atoms with Gasteiger partial charge in [-0.2, -0.15) is 0 Å². The highest BCUT2D eigenvalue weighted by Gasteiger charge is 2.26. The summed E-state index contributed by atoms with van der Waals surface area (Å²) in [5.41, 5.74) is 2.63. The Morgan fingerprint density at radius 3 is 2.78 bits per heavy atom. The molecule has 4 unspecified atom stereocenters. The van der Waals surface area contributed by atoms with Gasteiger partial charge in [0, 0.05) is 46.9 Å². The number of nitrogens with zero attached hydrogens (tertiary/aromatic N) is 1. The van der Waals surface area contributed by atoms with Crippen LogP contribution < -0.4 is 10.6 Å². The fraction of sp³-hybridized carbons (Fsp3) is 0.667. The number of halogens is 1. The Morgan fingerprint density at radius 2 is 2.11 bits per heavy atom. The molecule has 0 bridgehead atoms. The third kappa shape index (κ3) is 8.10. The Morgan fingerprint density at radius 1 is 1.33 bits per heavy atom. The first-order chi connectivity index (χ1) is 12.5. The summed E-state index contributed by atoms with van der Waals surface area (Å²) in [7, 11) is -0.691. The van der Waals surface area contributed by atoms with E-state index in [1.165, 1.54) is 11.1 Å². The van der Waals surface area contributed by atoms with Gasteiger partial charge in [-0.15, -0.1) is 24.0 Å². The average Bonchev–Trinajstić information content (AvgIpc) is 2.65. The molecule has 154 valence electrons. The van der Waals surface area contributed by atoms with Crippen molar-refractivity contribution in [3.8, 4) is 0 Å². The van der Waals surface area contributed by atoms with Crippen LogP contribution in [-0.4, -0.2) is 40.3 Å². The quantitative estimate of drug-likeness (QED) is 0.329. The van der Waals surface area contributed by atoms with Gasteiger partial charge < -0.3 is 10.6 Å². The number of benzene rings is 1. The first kappa shape index (κ1) is 24.4. The molecule has 0 saturated heterocycles. The molecule has 2 rings (SSSR count). The van der Waals surface area contributed by atoms with E-state index in [9.17, 15) is 4.21 Å². The van der Waals surface area contributed by atoms with Crippen molar-refractivity contribution in [2.75, 3.05) is 18.8 Å². The molecule has 0 aliphatic heterocycles. The first-order valence-corrected chi connectivity index (χ1v) is 11.4. The molecule has 6 heteroatoms. The van der Waals surface area contributed by atoms with Crippen LogP contribution in [0.1, 0.15) is 63.5 Å². The highest BCUT2D eigenvalue weighted by Crippen LogP contribution is 2.23. The number of nitrogens with one attached hydrogen (secondary N) is 2. The Hall–Kier alpha value is -0.630. The van der Waals surface area contributed by atoms with Crippen molar-refractivity contribution in [2.24, 2.45) is 4.99 Å². The van der Waals surface area contributed by atoms with Gasteiger partial charge in [0.2, 0.25) is 0 Å². The van der Waals surface area contributed by atoms with E-state index >= 15 is 0 Å². The SMILES string of the molecule is CCNC(=NCC(C)c1cccc(C)c1)NC1CCCC(S(=O)CC)C1.I. The van der Waals surface area contributed by atoms with E-state index in [1.54, 1.807) is 0 Å². The summed E-state index contributed by atoms with van der Waals surface area (Å²) in [4.78, 5) is 4.82. The van der Waals surface area contributed by atoms with Crippen LogP contribution in [0.15, 0.2) is 29.3 Å². The lowest BCUT2D eigenvalue weighted by atomic mass is 9.95. The van der Waals surface area contributed by atoms with Crippen molar-refractivity contribution < 1.29 is 4.21 Å². The first-order valence-electron chi connectivity index (χ1n) is 10.0. The molecule has 1 aromatic carbocycles. The topological polar surface area (TPSA) is 53.5 Å². The summed E-state index contributed by atoms with van der Waals surface area (Å²) in [5.74, 6) is 2.04. The molecule has 1 aliphatic rings. The second-order valence-electron chi connectivity index (χ2n) is 7.33. The minimum Gasteiger partial charge on any atom is -0.357 e. The number of hydrogen-bond donors (Lipinski definition) is 2. The van der Waals surface area contributed by atoms with Crippen molar-refractivity contribution in [3.05, 3.63) is 35.4 Å². The van der Waals surface area contributed by atoms with Gasteiger partial charge in [0.1, 0.15) is 0 Å². The third-order valence-electron chi connectivity index (χ3n) is 5.10. The molecule has 1 aliphatic carbocycles. The average molecular weight is 506 g/mol. The van der Waals surface area contributed by atoms with Crippen molar-refractivity contribution in [1.82, 2.24) is 10.6 Å². The second-order valence-corrected chi connectivity index (χ2v) is 9.34. The van der Waals surface area contributed by atoms with Crippen LogP contribution in [0, 0.1) is 6.92 Å². The molecule has 1 fully saturated rings.